The summed E-state index contributed by atoms with van der Waals surface area (Å²) in [4.78, 5) is 2.45. The monoisotopic (exact) mass is 302 g/mol. The third-order valence-electron chi connectivity index (χ3n) is 3.54. The van der Waals surface area contributed by atoms with Gasteiger partial charge in [-0.2, -0.15) is 0 Å². The highest BCUT2D eigenvalue weighted by Crippen LogP contribution is 2.21. The van der Waals surface area contributed by atoms with Crippen molar-refractivity contribution in [1.82, 2.24) is 9.62 Å². The number of nitrogens with zero attached hydrogens (tertiary/aromatic N) is 1. The average molecular weight is 303 g/mol. The predicted molar refractivity (Wildman–Crippen MR) is 76.9 cm³/mol. The van der Waals surface area contributed by atoms with Gasteiger partial charge in [0.1, 0.15) is 4.90 Å². The fourth-order valence-electron chi connectivity index (χ4n) is 2.49. The van der Waals surface area contributed by atoms with E-state index in [0.717, 1.165) is 25.9 Å². The molecule has 2 rings (SSSR count). The van der Waals surface area contributed by atoms with E-state index in [1.54, 1.807) is 18.2 Å². The van der Waals surface area contributed by atoms with E-state index in [1.165, 1.54) is 6.07 Å². The molecule has 0 amide bonds. The smallest absolute Gasteiger partial charge is 0.242 e. The molecule has 1 N–H and O–H groups in total. The zero-order chi connectivity index (χ0) is 13.9. The van der Waals surface area contributed by atoms with E-state index >= 15 is 0 Å². The van der Waals surface area contributed by atoms with Crippen LogP contribution in [0.5, 0.6) is 0 Å². The molecule has 19 heavy (non-hydrogen) atoms. The molecular weight excluding hydrogens is 284 g/mol. The van der Waals surface area contributed by atoms with Crippen LogP contribution in [0.25, 0.3) is 0 Å². The molecule has 1 aromatic rings. The van der Waals surface area contributed by atoms with Crippen LogP contribution in [0.3, 0.4) is 0 Å². The number of nitrogens with one attached hydrogen (secondary N) is 1. The molecule has 1 fully saturated rings. The number of benzene rings is 1. The topological polar surface area (TPSA) is 49.4 Å². The number of hydrogen-bond acceptors (Lipinski definition) is 3. The van der Waals surface area contributed by atoms with Crippen LogP contribution < -0.4 is 4.72 Å². The van der Waals surface area contributed by atoms with Crippen LogP contribution in [-0.4, -0.2) is 39.0 Å². The summed E-state index contributed by atoms with van der Waals surface area (Å²) in [7, 11) is -3.52. The Kier molecular flexibility index (Phi) is 4.84. The van der Waals surface area contributed by atoms with Crippen LogP contribution in [0.15, 0.2) is 29.2 Å². The molecule has 1 heterocycles. The lowest BCUT2D eigenvalue weighted by Crippen LogP contribution is -2.40. The summed E-state index contributed by atoms with van der Waals surface area (Å²) < 4.78 is 27.0. The molecule has 1 atom stereocenters. The Labute approximate surface area is 119 Å². The number of likely N-dealkylation sites (tertiary alicyclic amines) is 1. The maximum Gasteiger partial charge on any atom is 0.242 e. The van der Waals surface area contributed by atoms with E-state index in [4.69, 9.17) is 11.6 Å². The minimum Gasteiger partial charge on any atom is -0.299 e. The molecule has 0 aliphatic carbocycles. The van der Waals surface area contributed by atoms with Crippen molar-refractivity contribution in [2.24, 2.45) is 0 Å². The second kappa shape index (κ2) is 6.22. The van der Waals surface area contributed by atoms with Crippen LogP contribution >= 0.6 is 11.6 Å². The van der Waals surface area contributed by atoms with Gasteiger partial charge in [-0.25, -0.2) is 13.1 Å². The van der Waals surface area contributed by atoms with Gasteiger partial charge in [-0.05, 0) is 38.1 Å². The van der Waals surface area contributed by atoms with Crippen LogP contribution in [0.2, 0.25) is 5.02 Å². The third kappa shape index (κ3) is 3.48. The van der Waals surface area contributed by atoms with Gasteiger partial charge >= 0.3 is 0 Å². The van der Waals surface area contributed by atoms with Crippen molar-refractivity contribution >= 4 is 21.6 Å². The summed E-state index contributed by atoms with van der Waals surface area (Å²) in [5.74, 6) is 0. The van der Waals surface area contributed by atoms with Crippen molar-refractivity contribution < 1.29 is 8.42 Å². The fraction of sp³-hybridized carbons (Fsp3) is 0.538. The first-order valence-electron chi connectivity index (χ1n) is 6.53. The molecule has 1 aliphatic rings. The number of hydrogen-bond donors (Lipinski definition) is 1. The normalized spacial score (nSPS) is 20.8. The highest BCUT2D eigenvalue weighted by Gasteiger charge is 2.25. The van der Waals surface area contributed by atoms with Gasteiger partial charge in [-0.15, -0.1) is 0 Å². The third-order valence-corrected chi connectivity index (χ3v) is 5.46. The number of rotatable bonds is 5. The molecule has 0 radical (unpaired) electrons. The Morgan fingerprint density at radius 3 is 2.84 bits per heavy atom. The lowest BCUT2D eigenvalue weighted by atomic mass is 10.2. The standard InChI is InChI=1S/C13H19ClN2O2S/c1-2-16-9-5-6-11(16)10-15-19(17,18)13-8-4-3-7-12(13)14/h3-4,7-8,11,15H,2,5-6,9-10H2,1H3. The summed E-state index contributed by atoms with van der Waals surface area (Å²) in [6.07, 6.45) is 2.17. The van der Waals surface area contributed by atoms with Gasteiger partial charge in [0.25, 0.3) is 0 Å². The van der Waals surface area contributed by atoms with Gasteiger partial charge in [0, 0.05) is 12.6 Å². The van der Waals surface area contributed by atoms with Crippen molar-refractivity contribution in [3.05, 3.63) is 29.3 Å². The van der Waals surface area contributed by atoms with E-state index < -0.39 is 10.0 Å². The van der Waals surface area contributed by atoms with E-state index in [9.17, 15) is 8.42 Å². The van der Waals surface area contributed by atoms with E-state index in [2.05, 4.69) is 16.5 Å². The van der Waals surface area contributed by atoms with E-state index in [-0.39, 0.29) is 9.92 Å². The Morgan fingerprint density at radius 2 is 2.16 bits per heavy atom. The first-order chi connectivity index (χ1) is 9.04. The van der Waals surface area contributed by atoms with E-state index in [1.807, 2.05) is 0 Å². The Balaban J connectivity index is 2.04. The van der Waals surface area contributed by atoms with Gasteiger partial charge in [0.05, 0.1) is 5.02 Å². The molecular formula is C13H19ClN2O2S. The van der Waals surface area contributed by atoms with Crippen molar-refractivity contribution in [3.8, 4) is 0 Å². The first-order valence-corrected chi connectivity index (χ1v) is 8.39. The van der Waals surface area contributed by atoms with Gasteiger partial charge in [-0.1, -0.05) is 30.7 Å². The van der Waals surface area contributed by atoms with Crippen molar-refractivity contribution in [3.63, 3.8) is 0 Å². The summed E-state index contributed by atoms with van der Waals surface area (Å²) >= 11 is 5.93. The molecule has 0 aromatic heterocycles. The maximum absolute atomic E-state index is 12.2. The quantitative estimate of drug-likeness (QED) is 0.906. The molecule has 6 heteroatoms. The van der Waals surface area contributed by atoms with E-state index in [0.29, 0.717) is 12.6 Å². The number of sulfonamides is 1. The van der Waals surface area contributed by atoms with Gasteiger partial charge < -0.3 is 0 Å². The molecule has 1 saturated heterocycles. The highest BCUT2D eigenvalue weighted by molar-refractivity contribution is 7.89. The summed E-state index contributed by atoms with van der Waals surface area (Å²) in [5.41, 5.74) is 0. The lowest BCUT2D eigenvalue weighted by molar-refractivity contribution is 0.268. The number of likely N-dealkylation sites (N-methyl/N-ethyl adjacent to an activating group) is 1. The minimum absolute atomic E-state index is 0.151. The summed E-state index contributed by atoms with van der Waals surface area (Å²) in [6, 6.07) is 6.80. The van der Waals surface area contributed by atoms with Crippen LogP contribution in [0.1, 0.15) is 19.8 Å². The lowest BCUT2D eigenvalue weighted by Gasteiger charge is -2.22. The second-order valence-corrected chi connectivity index (χ2v) is 6.85. The Bertz CT molecular complexity index is 533. The van der Waals surface area contributed by atoms with Crippen molar-refractivity contribution in [2.45, 2.75) is 30.7 Å². The molecule has 4 nitrogen and oxygen atoms in total. The molecule has 1 aromatic carbocycles. The zero-order valence-electron chi connectivity index (χ0n) is 11.0. The maximum atomic E-state index is 12.2. The zero-order valence-corrected chi connectivity index (χ0v) is 12.5. The average Bonchev–Trinajstić information content (AvgIpc) is 2.84. The van der Waals surface area contributed by atoms with Crippen LogP contribution in [0.4, 0.5) is 0 Å². The van der Waals surface area contributed by atoms with Gasteiger partial charge in [0.2, 0.25) is 10.0 Å². The molecule has 1 unspecified atom stereocenters. The second-order valence-electron chi connectivity index (χ2n) is 4.71. The van der Waals surface area contributed by atoms with Crippen LogP contribution in [0, 0.1) is 0 Å². The minimum atomic E-state index is -3.52. The fourth-order valence-corrected chi connectivity index (χ4v) is 4.08. The van der Waals surface area contributed by atoms with Gasteiger partial charge in [0.15, 0.2) is 0 Å². The highest BCUT2D eigenvalue weighted by atomic mass is 35.5. The predicted octanol–water partition coefficient (Wildman–Crippen LogP) is 2.10. The van der Waals surface area contributed by atoms with Crippen LogP contribution in [-0.2, 0) is 10.0 Å². The molecule has 0 saturated carbocycles. The first kappa shape index (κ1) is 14.8. The molecule has 0 spiro atoms. The summed E-state index contributed by atoms with van der Waals surface area (Å²) in [5, 5.41) is 0.258. The largest absolute Gasteiger partial charge is 0.299 e. The number of halogens is 1. The Morgan fingerprint density at radius 1 is 1.42 bits per heavy atom. The van der Waals surface area contributed by atoms with Gasteiger partial charge in [-0.3, -0.25) is 4.90 Å². The summed E-state index contributed by atoms with van der Waals surface area (Å²) in [6.45, 7) is 4.55. The van der Waals surface area contributed by atoms with Crippen molar-refractivity contribution in [2.75, 3.05) is 19.6 Å². The molecule has 0 bridgehead atoms. The molecule has 1 aliphatic heterocycles. The SMILES string of the molecule is CCN1CCCC1CNS(=O)(=O)c1ccccc1Cl. The Hall–Kier alpha value is -0.620. The molecule has 106 valence electrons. The van der Waals surface area contributed by atoms with Crippen molar-refractivity contribution in [1.29, 1.82) is 0 Å².